The van der Waals surface area contributed by atoms with E-state index in [1.165, 1.54) is 0 Å². The highest BCUT2D eigenvalue weighted by molar-refractivity contribution is 5.80. The van der Waals surface area contributed by atoms with Crippen molar-refractivity contribution in [2.45, 2.75) is 19.6 Å². The fraction of sp³-hybridized carbons (Fsp3) is 0.312. The van der Waals surface area contributed by atoms with E-state index in [4.69, 9.17) is 4.74 Å². The normalized spacial score (nSPS) is 11.6. The first-order valence-corrected chi connectivity index (χ1v) is 7.05. The van der Waals surface area contributed by atoms with Crippen molar-refractivity contribution in [1.29, 1.82) is 0 Å². The molecule has 0 saturated heterocycles. The van der Waals surface area contributed by atoms with Crippen LogP contribution in [0.25, 0.3) is 0 Å². The molecule has 0 saturated carbocycles. The van der Waals surface area contributed by atoms with Crippen LogP contribution in [0.5, 0.6) is 5.75 Å². The number of carbonyl (C=O) groups excluding carboxylic acids is 1. The number of hydrogen-bond acceptors (Lipinski definition) is 5. The number of para-hydroxylation sites is 1. The lowest BCUT2D eigenvalue weighted by atomic mass is 10.3. The van der Waals surface area contributed by atoms with E-state index in [9.17, 15) is 4.79 Å². The molecule has 22 heavy (non-hydrogen) atoms. The molecule has 0 radical (unpaired) electrons. The summed E-state index contributed by atoms with van der Waals surface area (Å²) >= 11 is 0. The number of nitrogens with one attached hydrogen (secondary N) is 1. The average molecular weight is 300 g/mol. The highest BCUT2D eigenvalue weighted by Gasteiger charge is 2.14. The van der Waals surface area contributed by atoms with Gasteiger partial charge in [0.25, 0.3) is 5.91 Å². The first kappa shape index (κ1) is 15.8. The van der Waals surface area contributed by atoms with Crippen molar-refractivity contribution in [3.63, 3.8) is 0 Å². The maximum Gasteiger partial charge on any atom is 0.261 e. The van der Waals surface area contributed by atoms with Crippen molar-refractivity contribution < 1.29 is 9.53 Å². The van der Waals surface area contributed by atoms with Gasteiger partial charge in [-0.2, -0.15) is 0 Å². The molecule has 0 bridgehead atoms. The van der Waals surface area contributed by atoms with Crippen LogP contribution in [0, 0.1) is 0 Å². The zero-order chi connectivity index (χ0) is 15.9. The minimum absolute atomic E-state index is 0.206. The smallest absolute Gasteiger partial charge is 0.261 e. The maximum absolute atomic E-state index is 12.0. The number of rotatable bonds is 6. The molecular weight excluding hydrogens is 280 g/mol. The van der Waals surface area contributed by atoms with Gasteiger partial charge in [-0.1, -0.05) is 18.2 Å². The van der Waals surface area contributed by atoms with Crippen LogP contribution in [0.3, 0.4) is 0 Å². The second kappa shape index (κ2) is 7.40. The summed E-state index contributed by atoms with van der Waals surface area (Å²) in [6, 6.07) is 11.1. The fourth-order valence-corrected chi connectivity index (χ4v) is 1.79. The quantitative estimate of drug-likeness (QED) is 0.878. The van der Waals surface area contributed by atoms with Gasteiger partial charge in [0.05, 0.1) is 6.54 Å². The van der Waals surface area contributed by atoms with Crippen LogP contribution in [0.1, 0.15) is 12.7 Å². The number of benzene rings is 1. The Balaban J connectivity index is 1.88. The first-order chi connectivity index (χ1) is 10.6. The van der Waals surface area contributed by atoms with Gasteiger partial charge < -0.3 is 15.0 Å². The molecule has 0 fully saturated rings. The Morgan fingerprint density at radius 1 is 1.27 bits per heavy atom. The van der Waals surface area contributed by atoms with Crippen LogP contribution < -0.4 is 15.0 Å². The van der Waals surface area contributed by atoms with E-state index in [0.717, 1.165) is 5.82 Å². The standard InChI is InChI=1S/C16H20N4O2/c1-12(22-13-7-5-4-6-8-13)16(21)18-11-14-17-10-9-15(19-14)20(2)3/h4-10,12H,11H2,1-3H3,(H,18,21)/t12-/m0/s1. The van der Waals surface area contributed by atoms with Gasteiger partial charge in [-0.15, -0.1) is 0 Å². The number of hydrogen-bond donors (Lipinski definition) is 1. The predicted molar refractivity (Wildman–Crippen MR) is 84.7 cm³/mol. The molecule has 2 aromatic rings. The highest BCUT2D eigenvalue weighted by atomic mass is 16.5. The minimum Gasteiger partial charge on any atom is -0.481 e. The molecule has 6 heteroatoms. The van der Waals surface area contributed by atoms with Gasteiger partial charge in [-0.25, -0.2) is 9.97 Å². The molecule has 2 rings (SSSR count). The van der Waals surface area contributed by atoms with Gasteiger partial charge in [0.2, 0.25) is 0 Å². The Hall–Kier alpha value is -2.63. The lowest BCUT2D eigenvalue weighted by Gasteiger charge is -2.15. The van der Waals surface area contributed by atoms with Crippen LogP contribution in [0.4, 0.5) is 5.82 Å². The van der Waals surface area contributed by atoms with Crippen molar-refractivity contribution in [3.8, 4) is 5.75 Å². The van der Waals surface area contributed by atoms with Gasteiger partial charge >= 0.3 is 0 Å². The summed E-state index contributed by atoms with van der Waals surface area (Å²) in [7, 11) is 3.81. The highest BCUT2D eigenvalue weighted by Crippen LogP contribution is 2.11. The summed E-state index contributed by atoms with van der Waals surface area (Å²) in [6.45, 7) is 1.97. The number of aromatic nitrogens is 2. The van der Waals surface area contributed by atoms with Crippen LogP contribution in [0.15, 0.2) is 42.6 Å². The summed E-state index contributed by atoms with van der Waals surface area (Å²) in [5.41, 5.74) is 0. The molecular formula is C16H20N4O2. The minimum atomic E-state index is -0.584. The average Bonchev–Trinajstić information content (AvgIpc) is 2.53. The SMILES string of the molecule is C[C@H](Oc1ccccc1)C(=O)NCc1nccc(N(C)C)n1. The number of nitrogens with zero attached hydrogens (tertiary/aromatic N) is 3. The molecule has 0 aliphatic carbocycles. The summed E-state index contributed by atoms with van der Waals surface area (Å²) in [4.78, 5) is 22.4. The summed E-state index contributed by atoms with van der Waals surface area (Å²) in [5, 5.41) is 2.78. The Kier molecular flexibility index (Phi) is 5.30. The lowest BCUT2D eigenvalue weighted by Crippen LogP contribution is -2.36. The Labute approximate surface area is 130 Å². The number of anilines is 1. The first-order valence-electron chi connectivity index (χ1n) is 7.05. The van der Waals surface area contributed by atoms with Crippen LogP contribution in [-0.4, -0.2) is 36.1 Å². The van der Waals surface area contributed by atoms with Gasteiger partial charge in [0.1, 0.15) is 17.4 Å². The molecule has 0 aliphatic rings. The zero-order valence-electron chi connectivity index (χ0n) is 13.0. The van der Waals surface area contributed by atoms with Gasteiger partial charge in [-0.3, -0.25) is 4.79 Å². The second-order valence-electron chi connectivity index (χ2n) is 5.02. The summed E-state index contributed by atoms with van der Waals surface area (Å²) in [6.07, 6.45) is 1.09. The van der Waals surface area contributed by atoms with Crippen molar-refractivity contribution in [2.24, 2.45) is 0 Å². The molecule has 6 nitrogen and oxygen atoms in total. The van der Waals surface area contributed by atoms with Gasteiger partial charge in [-0.05, 0) is 25.1 Å². The van der Waals surface area contributed by atoms with E-state index in [-0.39, 0.29) is 12.5 Å². The van der Waals surface area contributed by atoms with Crippen LogP contribution in [-0.2, 0) is 11.3 Å². The third-order valence-corrected chi connectivity index (χ3v) is 2.99. The van der Waals surface area contributed by atoms with Crippen LogP contribution >= 0.6 is 0 Å². The van der Waals surface area contributed by atoms with Crippen molar-refractivity contribution in [1.82, 2.24) is 15.3 Å². The molecule has 1 N–H and O–H groups in total. The van der Waals surface area contributed by atoms with E-state index < -0.39 is 6.10 Å². The Morgan fingerprint density at radius 3 is 2.68 bits per heavy atom. The van der Waals surface area contributed by atoms with Crippen molar-refractivity contribution in [2.75, 3.05) is 19.0 Å². The topological polar surface area (TPSA) is 67.3 Å². The molecule has 1 aromatic heterocycles. The zero-order valence-corrected chi connectivity index (χ0v) is 13.0. The summed E-state index contributed by atoms with van der Waals surface area (Å²) in [5.74, 6) is 1.82. The Bertz CT molecular complexity index is 617. The van der Waals surface area contributed by atoms with Crippen molar-refractivity contribution >= 4 is 11.7 Å². The third kappa shape index (κ3) is 4.44. The number of carbonyl (C=O) groups is 1. The molecule has 0 aliphatic heterocycles. The maximum atomic E-state index is 12.0. The van der Waals surface area contributed by atoms with E-state index >= 15 is 0 Å². The number of ether oxygens (including phenoxy) is 1. The van der Waals surface area contributed by atoms with E-state index in [1.54, 1.807) is 13.1 Å². The number of amides is 1. The molecule has 116 valence electrons. The van der Waals surface area contributed by atoms with Gasteiger partial charge in [0.15, 0.2) is 6.10 Å². The third-order valence-electron chi connectivity index (χ3n) is 2.99. The lowest BCUT2D eigenvalue weighted by molar-refractivity contribution is -0.127. The van der Waals surface area contributed by atoms with E-state index in [1.807, 2.05) is 55.4 Å². The molecule has 1 heterocycles. The molecule has 0 spiro atoms. The molecule has 1 atom stereocenters. The van der Waals surface area contributed by atoms with E-state index in [0.29, 0.717) is 11.6 Å². The van der Waals surface area contributed by atoms with E-state index in [2.05, 4.69) is 15.3 Å². The van der Waals surface area contributed by atoms with Crippen LogP contribution in [0.2, 0.25) is 0 Å². The van der Waals surface area contributed by atoms with Gasteiger partial charge in [0, 0.05) is 20.3 Å². The monoisotopic (exact) mass is 300 g/mol. The molecule has 1 aromatic carbocycles. The largest absolute Gasteiger partial charge is 0.481 e. The van der Waals surface area contributed by atoms with Crippen molar-refractivity contribution in [3.05, 3.63) is 48.4 Å². The predicted octanol–water partition coefficient (Wildman–Crippen LogP) is 1.63. The Morgan fingerprint density at radius 2 is 2.00 bits per heavy atom. The molecule has 0 unspecified atom stereocenters. The summed E-state index contributed by atoms with van der Waals surface area (Å²) < 4.78 is 5.57. The molecule has 1 amide bonds. The second-order valence-corrected chi connectivity index (χ2v) is 5.02. The fourth-order valence-electron chi connectivity index (χ4n) is 1.79.